The van der Waals surface area contributed by atoms with Crippen LogP contribution in [0, 0.1) is 5.41 Å². The van der Waals surface area contributed by atoms with Crippen LogP contribution < -0.4 is 0 Å². The predicted octanol–water partition coefficient (Wildman–Crippen LogP) is 7.56. The highest BCUT2D eigenvalue weighted by atomic mass is 16.5. The normalized spacial score (nSPS) is 25.6. The van der Waals surface area contributed by atoms with Crippen LogP contribution in [0.25, 0.3) is 0 Å². The molecule has 0 spiro atoms. The van der Waals surface area contributed by atoms with Crippen LogP contribution in [0.5, 0.6) is 0 Å². The second-order valence-corrected chi connectivity index (χ2v) is 12.4. The lowest BCUT2D eigenvalue weighted by atomic mass is 9.64. The van der Waals surface area contributed by atoms with Gasteiger partial charge in [-0.05, 0) is 56.2 Å². The maximum atomic E-state index is 7.18. The number of rotatable bonds is 2. The van der Waals surface area contributed by atoms with Crippen molar-refractivity contribution < 1.29 is 4.74 Å². The largest absolute Gasteiger partial charge is 0.350 e. The van der Waals surface area contributed by atoms with Crippen molar-refractivity contribution in [3.05, 3.63) is 82.4 Å². The number of hydrogen-bond acceptors (Lipinski definition) is 1. The van der Waals surface area contributed by atoms with Crippen LogP contribution in [0.15, 0.2) is 54.6 Å². The Bertz CT molecular complexity index is 992. The van der Waals surface area contributed by atoms with Gasteiger partial charge in [0.2, 0.25) is 0 Å². The second kappa shape index (κ2) is 6.33. The Hall–Kier alpha value is -1.86. The van der Waals surface area contributed by atoms with Gasteiger partial charge in [0, 0.05) is 6.42 Å². The average molecular weight is 403 g/mol. The van der Waals surface area contributed by atoms with Crippen molar-refractivity contribution in [1.29, 1.82) is 0 Å². The number of ether oxygens (including phenoxy) is 1. The highest BCUT2D eigenvalue weighted by Crippen LogP contribution is 2.63. The van der Waals surface area contributed by atoms with Gasteiger partial charge < -0.3 is 4.74 Å². The fourth-order valence-corrected chi connectivity index (χ4v) is 5.19. The zero-order valence-corrected chi connectivity index (χ0v) is 20.3. The zero-order valence-electron chi connectivity index (χ0n) is 20.3. The molecule has 2 heterocycles. The van der Waals surface area contributed by atoms with Gasteiger partial charge in [-0.15, -0.1) is 0 Å². The molecule has 0 fully saturated rings. The minimum Gasteiger partial charge on any atom is -0.350 e. The molecule has 160 valence electrons. The summed E-state index contributed by atoms with van der Waals surface area (Å²) in [6.07, 6.45) is 5.59. The van der Waals surface area contributed by atoms with Crippen molar-refractivity contribution in [1.82, 2.24) is 0 Å². The molecular formula is C29H38O. The first-order valence-electron chi connectivity index (χ1n) is 11.3. The number of fused-ring (bicyclic) bond motifs is 5. The number of hydrogen-bond donors (Lipinski definition) is 0. The van der Waals surface area contributed by atoms with Crippen molar-refractivity contribution >= 4 is 0 Å². The molecule has 2 atom stereocenters. The molecule has 2 unspecified atom stereocenters. The van der Waals surface area contributed by atoms with Crippen molar-refractivity contribution in [2.75, 3.05) is 0 Å². The van der Waals surface area contributed by atoms with E-state index < -0.39 is 11.2 Å². The van der Waals surface area contributed by atoms with Gasteiger partial charge in [-0.3, -0.25) is 0 Å². The Labute approximate surface area is 183 Å². The van der Waals surface area contributed by atoms with Gasteiger partial charge >= 0.3 is 0 Å². The predicted molar refractivity (Wildman–Crippen MR) is 127 cm³/mol. The summed E-state index contributed by atoms with van der Waals surface area (Å²) in [5.41, 5.74) is 6.22. The van der Waals surface area contributed by atoms with Crippen LogP contribution >= 0.6 is 0 Å². The summed E-state index contributed by atoms with van der Waals surface area (Å²) in [7, 11) is 0. The lowest BCUT2D eigenvalue weighted by Gasteiger charge is -2.39. The van der Waals surface area contributed by atoms with Gasteiger partial charge in [-0.25, -0.2) is 0 Å². The summed E-state index contributed by atoms with van der Waals surface area (Å²) in [5.74, 6) is 0. The molecule has 0 aromatic heterocycles. The SMILES string of the molecule is CC(C)(C)c1cc(C(C)(C)C)c2c(c1)C1(C(C)(C)C)C=CC2(Cc2ccccc2)O1. The van der Waals surface area contributed by atoms with Crippen molar-refractivity contribution in [2.45, 2.75) is 90.8 Å². The molecule has 0 saturated heterocycles. The monoisotopic (exact) mass is 402 g/mol. The van der Waals surface area contributed by atoms with Crippen molar-refractivity contribution in [2.24, 2.45) is 5.41 Å². The van der Waals surface area contributed by atoms with Crippen molar-refractivity contribution in [3.8, 4) is 0 Å². The summed E-state index contributed by atoms with van der Waals surface area (Å²) in [5, 5.41) is 0. The molecule has 2 aromatic rings. The molecular weight excluding hydrogens is 364 g/mol. The lowest BCUT2D eigenvalue weighted by Crippen LogP contribution is -2.37. The molecule has 2 aliphatic rings. The van der Waals surface area contributed by atoms with Crippen LogP contribution in [0.4, 0.5) is 0 Å². The molecule has 0 aliphatic carbocycles. The van der Waals surface area contributed by atoms with E-state index in [0.717, 1.165) is 6.42 Å². The van der Waals surface area contributed by atoms with Crippen LogP contribution in [-0.4, -0.2) is 0 Å². The molecule has 0 N–H and O–H groups in total. The molecule has 30 heavy (non-hydrogen) atoms. The quantitative estimate of drug-likeness (QED) is 0.471. The molecule has 1 nitrogen and oxygen atoms in total. The smallest absolute Gasteiger partial charge is 0.118 e. The fourth-order valence-electron chi connectivity index (χ4n) is 5.19. The maximum Gasteiger partial charge on any atom is 0.118 e. The topological polar surface area (TPSA) is 9.23 Å². The third-order valence-corrected chi connectivity index (χ3v) is 6.99. The Morgan fingerprint density at radius 3 is 1.93 bits per heavy atom. The van der Waals surface area contributed by atoms with Gasteiger partial charge in [0.05, 0.1) is 0 Å². The minimum absolute atomic E-state index is 0.0375. The Morgan fingerprint density at radius 1 is 0.767 bits per heavy atom. The molecule has 0 radical (unpaired) electrons. The molecule has 0 saturated carbocycles. The third kappa shape index (κ3) is 3.09. The fraction of sp³-hybridized carbons (Fsp3) is 0.517. The van der Waals surface area contributed by atoms with E-state index in [9.17, 15) is 0 Å². The Balaban J connectivity index is 2.04. The van der Waals surface area contributed by atoms with Gasteiger partial charge in [0.1, 0.15) is 11.2 Å². The van der Waals surface area contributed by atoms with E-state index in [4.69, 9.17) is 4.74 Å². The van der Waals surface area contributed by atoms with Gasteiger partial charge in [-0.1, -0.05) is 105 Å². The number of benzene rings is 2. The summed E-state index contributed by atoms with van der Waals surface area (Å²) < 4.78 is 7.18. The van der Waals surface area contributed by atoms with Crippen LogP contribution in [0.1, 0.15) is 90.1 Å². The van der Waals surface area contributed by atoms with E-state index in [1.54, 1.807) is 0 Å². The van der Waals surface area contributed by atoms with E-state index in [1.165, 1.54) is 27.8 Å². The first kappa shape index (κ1) is 21.4. The van der Waals surface area contributed by atoms with Crippen molar-refractivity contribution in [3.63, 3.8) is 0 Å². The summed E-state index contributed by atoms with van der Waals surface area (Å²) in [6.45, 7) is 20.9. The summed E-state index contributed by atoms with van der Waals surface area (Å²) in [4.78, 5) is 0. The maximum absolute atomic E-state index is 7.18. The first-order valence-corrected chi connectivity index (χ1v) is 11.3. The van der Waals surface area contributed by atoms with Gasteiger partial charge in [-0.2, -0.15) is 0 Å². The Morgan fingerprint density at radius 2 is 1.40 bits per heavy atom. The molecule has 0 amide bonds. The van der Waals surface area contributed by atoms with Gasteiger partial charge in [0.15, 0.2) is 0 Å². The van der Waals surface area contributed by atoms with Crippen LogP contribution in [0.2, 0.25) is 0 Å². The van der Waals surface area contributed by atoms with E-state index >= 15 is 0 Å². The second-order valence-electron chi connectivity index (χ2n) is 12.4. The molecule has 4 rings (SSSR count). The molecule has 2 bridgehead atoms. The van der Waals surface area contributed by atoms with E-state index in [2.05, 4.69) is 117 Å². The summed E-state index contributed by atoms with van der Waals surface area (Å²) >= 11 is 0. The molecule has 2 aliphatic heterocycles. The Kier molecular flexibility index (Phi) is 4.51. The lowest BCUT2D eigenvalue weighted by molar-refractivity contribution is -0.124. The van der Waals surface area contributed by atoms with Gasteiger partial charge in [0.25, 0.3) is 0 Å². The minimum atomic E-state index is -0.400. The average Bonchev–Trinajstić information content (AvgIpc) is 3.13. The van der Waals surface area contributed by atoms with E-state index in [-0.39, 0.29) is 16.2 Å². The standard InChI is InChI=1S/C29H38O/c1-25(2,3)21-17-22(26(4,5)6)24-23(18-21)29(27(7,8)9)16-15-28(24,30-29)19-20-13-11-10-12-14-20/h10-18H,19H2,1-9H3. The van der Waals surface area contributed by atoms with Crippen LogP contribution in [-0.2, 0) is 33.2 Å². The van der Waals surface area contributed by atoms with E-state index in [0.29, 0.717) is 0 Å². The highest BCUT2D eigenvalue weighted by molar-refractivity contribution is 5.60. The first-order chi connectivity index (χ1) is 13.7. The third-order valence-electron chi connectivity index (χ3n) is 6.99. The highest BCUT2D eigenvalue weighted by Gasteiger charge is 2.61. The molecule has 2 aromatic carbocycles. The molecule has 1 heteroatoms. The van der Waals surface area contributed by atoms with E-state index in [1.807, 2.05) is 0 Å². The van der Waals surface area contributed by atoms with Crippen LogP contribution in [0.3, 0.4) is 0 Å². The zero-order chi connectivity index (χ0) is 22.2. The summed E-state index contributed by atoms with van der Waals surface area (Å²) in [6, 6.07) is 15.7.